The van der Waals surface area contributed by atoms with Crippen molar-refractivity contribution in [3.63, 3.8) is 0 Å². The van der Waals surface area contributed by atoms with Crippen LogP contribution in [0, 0.1) is 10.1 Å². The standard InChI is InChI=1S/C21H24N4O9P2/c1-35(28,29)33-14-12-24(13-15-34-36(30,31)32)17-8-6-16(7-9-17)22-23-20-10-11-21(25(26)27)19-5-3-2-4-18(19)20/h2-11H,12-15H2,1H3,(H,28,29)(H2,30,31,32)/p-2. The summed E-state index contributed by atoms with van der Waals surface area (Å²) < 4.78 is 31.3. The topological polar surface area (TPSA) is 190 Å². The third-order valence-electron chi connectivity index (χ3n) is 4.87. The largest absolute Gasteiger partial charge is 0.779 e. The molecule has 0 aliphatic heterocycles. The predicted octanol–water partition coefficient (Wildman–Crippen LogP) is 3.65. The van der Waals surface area contributed by atoms with Crippen LogP contribution < -0.4 is 14.7 Å². The Labute approximate surface area is 205 Å². The molecule has 0 saturated heterocycles. The van der Waals surface area contributed by atoms with E-state index in [1.165, 1.54) is 12.1 Å². The van der Waals surface area contributed by atoms with Crippen LogP contribution in [0.2, 0.25) is 0 Å². The molecule has 0 aliphatic rings. The first-order valence-corrected chi connectivity index (χ1v) is 14.0. The van der Waals surface area contributed by atoms with Crippen LogP contribution in [-0.2, 0) is 18.2 Å². The maximum absolute atomic E-state index is 11.3. The van der Waals surface area contributed by atoms with Gasteiger partial charge >= 0.3 is 0 Å². The summed E-state index contributed by atoms with van der Waals surface area (Å²) in [4.78, 5) is 43.3. The van der Waals surface area contributed by atoms with Crippen molar-refractivity contribution in [3.8, 4) is 0 Å². The zero-order valence-electron chi connectivity index (χ0n) is 19.0. The smallest absolute Gasteiger partial charge is 0.277 e. The molecule has 13 nitrogen and oxygen atoms in total. The van der Waals surface area contributed by atoms with Crippen LogP contribution in [0.1, 0.15) is 0 Å². The highest BCUT2D eigenvalue weighted by Gasteiger charge is 2.14. The van der Waals surface area contributed by atoms with Gasteiger partial charge in [-0.15, -0.1) is 5.11 Å². The van der Waals surface area contributed by atoms with E-state index in [1.807, 2.05) is 0 Å². The first-order valence-electron chi connectivity index (χ1n) is 10.5. The quantitative estimate of drug-likeness (QED) is 0.155. The van der Waals surface area contributed by atoms with Crippen molar-refractivity contribution in [1.29, 1.82) is 0 Å². The summed E-state index contributed by atoms with van der Waals surface area (Å²) in [5, 5.41) is 20.7. The fourth-order valence-corrected chi connectivity index (χ4v) is 4.03. The van der Waals surface area contributed by atoms with E-state index in [2.05, 4.69) is 14.8 Å². The van der Waals surface area contributed by atoms with E-state index in [0.717, 1.165) is 6.66 Å². The van der Waals surface area contributed by atoms with Crippen molar-refractivity contribution in [1.82, 2.24) is 0 Å². The van der Waals surface area contributed by atoms with E-state index in [4.69, 9.17) is 9.42 Å². The van der Waals surface area contributed by atoms with Crippen LogP contribution in [0.25, 0.3) is 10.8 Å². The molecule has 0 aromatic heterocycles. The van der Waals surface area contributed by atoms with Gasteiger partial charge in [0, 0.05) is 36.9 Å². The van der Waals surface area contributed by atoms with Gasteiger partial charge in [-0.1, -0.05) is 18.2 Å². The highest BCUT2D eigenvalue weighted by molar-refractivity contribution is 7.50. The lowest BCUT2D eigenvalue weighted by Crippen LogP contribution is -2.31. The van der Waals surface area contributed by atoms with Gasteiger partial charge in [0.1, 0.15) is 7.60 Å². The zero-order valence-corrected chi connectivity index (χ0v) is 20.8. The number of hydrogen-bond donors (Lipinski definition) is 1. The van der Waals surface area contributed by atoms with Crippen LogP contribution in [-0.4, -0.2) is 42.8 Å². The molecule has 2 atom stereocenters. The lowest BCUT2D eigenvalue weighted by molar-refractivity contribution is -0.383. The molecular formula is C21H22N4O9P2-2. The maximum atomic E-state index is 11.3. The molecule has 0 heterocycles. The van der Waals surface area contributed by atoms with Gasteiger partial charge in [0.25, 0.3) is 13.5 Å². The van der Waals surface area contributed by atoms with Crippen molar-refractivity contribution >= 4 is 48.9 Å². The van der Waals surface area contributed by atoms with Gasteiger partial charge in [0.15, 0.2) is 0 Å². The molecule has 0 radical (unpaired) electrons. The Bertz CT molecular complexity index is 1310. The van der Waals surface area contributed by atoms with Gasteiger partial charge in [0.2, 0.25) is 0 Å². The van der Waals surface area contributed by atoms with E-state index in [9.17, 15) is 29.0 Å². The molecule has 3 aromatic rings. The summed E-state index contributed by atoms with van der Waals surface area (Å²) in [6.07, 6.45) is 0. The van der Waals surface area contributed by atoms with E-state index >= 15 is 0 Å². The summed E-state index contributed by atoms with van der Waals surface area (Å²) >= 11 is 0. The Kier molecular flexibility index (Phi) is 9.04. The number of nitro benzene ring substituents is 1. The van der Waals surface area contributed by atoms with E-state index < -0.39 is 20.3 Å². The molecule has 3 aromatic carbocycles. The SMILES string of the molecule is CP(=O)([O-])OCCN(CCOP(=O)([O-])O)c1ccc(N=Nc2ccc([N+](=O)[O-])c3ccccc23)cc1. The van der Waals surface area contributed by atoms with Crippen LogP contribution >= 0.6 is 15.4 Å². The number of azo groups is 1. The molecule has 0 amide bonds. The van der Waals surface area contributed by atoms with Crippen LogP contribution in [0.3, 0.4) is 0 Å². The summed E-state index contributed by atoms with van der Waals surface area (Å²) in [5.74, 6) is 0. The summed E-state index contributed by atoms with van der Waals surface area (Å²) in [6, 6.07) is 16.2. The lowest BCUT2D eigenvalue weighted by atomic mass is 10.1. The second kappa shape index (κ2) is 11.8. The highest BCUT2D eigenvalue weighted by Crippen LogP contribution is 2.34. The van der Waals surface area contributed by atoms with Crippen LogP contribution in [0.5, 0.6) is 0 Å². The van der Waals surface area contributed by atoms with Crippen molar-refractivity contribution in [2.24, 2.45) is 10.2 Å². The summed E-state index contributed by atoms with van der Waals surface area (Å²) in [5.41, 5.74) is 1.46. The fourth-order valence-electron chi connectivity index (χ4n) is 3.31. The number of phosphoric acid groups is 1. The first-order chi connectivity index (χ1) is 16.9. The molecule has 1 N–H and O–H groups in total. The number of benzene rings is 3. The lowest BCUT2D eigenvalue weighted by Gasteiger charge is -2.27. The number of phosphoric ester groups is 1. The number of nitrogens with zero attached hydrogens (tertiary/aromatic N) is 4. The number of nitro groups is 1. The number of rotatable bonds is 12. The Morgan fingerprint density at radius 2 is 1.53 bits per heavy atom. The Hall–Kier alpha value is -3.02. The molecule has 0 fully saturated rings. The Morgan fingerprint density at radius 3 is 2.11 bits per heavy atom. The Balaban J connectivity index is 1.77. The Morgan fingerprint density at radius 1 is 0.917 bits per heavy atom. The molecule has 0 spiro atoms. The van der Waals surface area contributed by atoms with Crippen LogP contribution in [0.4, 0.5) is 22.7 Å². The molecule has 15 heteroatoms. The maximum Gasteiger partial charge on any atom is 0.277 e. The molecule has 2 unspecified atom stereocenters. The van der Waals surface area contributed by atoms with Crippen molar-refractivity contribution < 1.29 is 37.8 Å². The molecule has 0 bridgehead atoms. The zero-order chi connectivity index (χ0) is 26.3. The normalized spacial score (nSPS) is 15.0. The molecule has 0 saturated carbocycles. The number of hydrogen-bond acceptors (Lipinski definition) is 11. The second-order valence-corrected chi connectivity index (χ2v) is 10.5. The van der Waals surface area contributed by atoms with Gasteiger partial charge in [-0.3, -0.25) is 14.7 Å². The molecule has 36 heavy (non-hydrogen) atoms. The number of anilines is 1. The average Bonchev–Trinajstić information content (AvgIpc) is 2.80. The summed E-state index contributed by atoms with van der Waals surface area (Å²) in [6.45, 7) is 0.493. The van der Waals surface area contributed by atoms with Gasteiger partial charge in [-0.05, 0) is 36.4 Å². The van der Waals surface area contributed by atoms with Crippen molar-refractivity contribution in [3.05, 3.63) is 70.8 Å². The minimum absolute atomic E-state index is 0.0126. The van der Waals surface area contributed by atoms with E-state index in [-0.39, 0.29) is 32.0 Å². The minimum atomic E-state index is -4.91. The minimum Gasteiger partial charge on any atom is -0.779 e. The first kappa shape index (κ1) is 27.6. The second-order valence-electron chi connectivity index (χ2n) is 7.52. The molecule has 192 valence electrons. The molecular weight excluding hydrogens is 514 g/mol. The predicted molar refractivity (Wildman–Crippen MR) is 129 cm³/mol. The van der Waals surface area contributed by atoms with Crippen molar-refractivity contribution in [2.45, 2.75) is 0 Å². The third kappa shape index (κ3) is 8.28. The van der Waals surface area contributed by atoms with Gasteiger partial charge in [-0.25, -0.2) is 0 Å². The fraction of sp³-hybridized carbons (Fsp3) is 0.238. The molecule has 3 rings (SSSR count). The molecule has 0 aliphatic carbocycles. The number of non-ortho nitro benzene ring substituents is 1. The number of fused-ring (bicyclic) bond motifs is 1. The monoisotopic (exact) mass is 536 g/mol. The van der Waals surface area contributed by atoms with Gasteiger partial charge in [0.05, 0.1) is 34.9 Å². The van der Waals surface area contributed by atoms with Crippen molar-refractivity contribution in [2.75, 3.05) is 37.9 Å². The van der Waals surface area contributed by atoms with Gasteiger partial charge in [-0.2, -0.15) is 5.11 Å². The third-order valence-corrected chi connectivity index (χ3v) is 6.03. The van der Waals surface area contributed by atoms with Crippen LogP contribution in [0.15, 0.2) is 70.9 Å². The highest BCUT2D eigenvalue weighted by atomic mass is 31.2. The van der Waals surface area contributed by atoms with E-state index in [0.29, 0.717) is 27.8 Å². The average molecular weight is 536 g/mol. The summed E-state index contributed by atoms with van der Waals surface area (Å²) in [7, 11) is -8.85. The van der Waals surface area contributed by atoms with Gasteiger partial charge < -0.3 is 33.2 Å². The van der Waals surface area contributed by atoms with E-state index in [1.54, 1.807) is 53.4 Å².